The molecule has 3 rings (SSSR count). The van der Waals surface area contributed by atoms with Crippen molar-refractivity contribution in [2.24, 2.45) is 5.73 Å². The summed E-state index contributed by atoms with van der Waals surface area (Å²) >= 11 is 13.5. The fourth-order valence-electron chi connectivity index (χ4n) is 2.95. The van der Waals surface area contributed by atoms with E-state index >= 15 is 0 Å². The zero-order chi connectivity index (χ0) is 24.7. The van der Waals surface area contributed by atoms with Gasteiger partial charge in [-0.05, 0) is 49.2 Å². The van der Waals surface area contributed by atoms with Crippen LogP contribution in [0.4, 0.5) is 10.2 Å². The standard InChI is InChI=1S/C21H21Cl2FN4O4S2/c22-14-3-4-17(13(8-14)2-1-6-26-7-5-20(25)29)32-18-10-16(24)19(9-15(18)23)34(30,31)28-21-11-33-12-27-21/h3-4,8-12,26,28H,1-2,5-7H2,(H2,25,29). The predicted molar refractivity (Wildman–Crippen MR) is 131 cm³/mol. The Bertz CT molecular complexity index is 1260. The van der Waals surface area contributed by atoms with Crippen molar-refractivity contribution in [3.05, 3.63) is 62.6 Å². The second-order valence-electron chi connectivity index (χ2n) is 7.12. The molecule has 13 heteroatoms. The lowest BCUT2D eigenvalue weighted by atomic mass is 10.1. The lowest BCUT2D eigenvalue weighted by Gasteiger charge is -2.14. The molecule has 8 nitrogen and oxygen atoms in total. The number of carbonyl (C=O) groups is 1. The number of aryl methyl sites for hydroxylation is 1. The Labute approximate surface area is 210 Å². The van der Waals surface area contributed by atoms with Crippen LogP contribution >= 0.6 is 34.5 Å². The fraction of sp³-hybridized carbons (Fsp3) is 0.238. The SMILES string of the molecule is NC(=O)CCNCCCc1cc(Cl)ccc1Oc1cc(F)c(S(=O)(=O)Nc2cscn2)cc1Cl. The Balaban J connectivity index is 1.74. The summed E-state index contributed by atoms with van der Waals surface area (Å²) in [6.07, 6.45) is 1.53. The van der Waals surface area contributed by atoms with Gasteiger partial charge in [0.25, 0.3) is 10.0 Å². The number of rotatable bonds is 12. The monoisotopic (exact) mass is 546 g/mol. The minimum atomic E-state index is -4.24. The van der Waals surface area contributed by atoms with E-state index < -0.39 is 20.7 Å². The van der Waals surface area contributed by atoms with Crippen LogP contribution in [0.2, 0.25) is 10.0 Å². The number of primary amides is 1. The van der Waals surface area contributed by atoms with Gasteiger partial charge >= 0.3 is 0 Å². The van der Waals surface area contributed by atoms with E-state index in [0.717, 1.165) is 17.7 Å². The number of halogens is 3. The topological polar surface area (TPSA) is 123 Å². The Hall–Kier alpha value is -2.44. The molecular formula is C21H21Cl2FN4O4S2. The third-order valence-electron chi connectivity index (χ3n) is 4.54. The normalized spacial score (nSPS) is 11.4. The molecule has 3 aromatic rings. The lowest BCUT2D eigenvalue weighted by Crippen LogP contribution is -2.23. The Morgan fingerprint density at radius 1 is 1.18 bits per heavy atom. The third kappa shape index (κ3) is 7.28. The van der Waals surface area contributed by atoms with Crippen molar-refractivity contribution in [1.82, 2.24) is 10.3 Å². The average molecular weight is 547 g/mol. The molecule has 0 aliphatic heterocycles. The van der Waals surface area contributed by atoms with Crippen molar-refractivity contribution in [3.8, 4) is 11.5 Å². The van der Waals surface area contributed by atoms with Gasteiger partial charge in [0.15, 0.2) is 5.82 Å². The van der Waals surface area contributed by atoms with Gasteiger partial charge in [0.1, 0.15) is 22.2 Å². The number of hydrogen-bond acceptors (Lipinski definition) is 7. The number of carbonyl (C=O) groups excluding carboxylic acids is 1. The molecule has 0 fully saturated rings. The molecule has 0 saturated carbocycles. The molecule has 1 aromatic heterocycles. The quantitative estimate of drug-likeness (QED) is 0.285. The first kappa shape index (κ1) is 26.2. The number of sulfonamides is 1. The molecule has 0 radical (unpaired) electrons. The molecule has 4 N–H and O–H groups in total. The van der Waals surface area contributed by atoms with Crippen LogP contribution in [-0.2, 0) is 21.2 Å². The van der Waals surface area contributed by atoms with Crippen molar-refractivity contribution in [1.29, 1.82) is 0 Å². The van der Waals surface area contributed by atoms with E-state index in [1.807, 2.05) is 0 Å². The third-order valence-corrected chi connectivity index (χ3v) is 7.02. The number of nitrogens with zero attached hydrogens (tertiary/aromatic N) is 1. The first-order valence-corrected chi connectivity index (χ1v) is 13.2. The van der Waals surface area contributed by atoms with Gasteiger partial charge in [-0.2, -0.15) is 0 Å². The molecule has 0 bridgehead atoms. The first-order valence-electron chi connectivity index (χ1n) is 10.0. The van der Waals surface area contributed by atoms with Gasteiger partial charge in [0, 0.05) is 29.4 Å². The minimum absolute atomic E-state index is 0.0464. The first-order chi connectivity index (χ1) is 16.2. The number of nitrogens with two attached hydrogens (primary N) is 1. The maximum atomic E-state index is 14.8. The molecule has 34 heavy (non-hydrogen) atoms. The van der Waals surface area contributed by atoms with Crippen molar-refractivity contribution >= 4 is 56.3 Å². The zero-order valence-corrected chi connectivity index (χ0v) is 20.8. The molecule has 0 aliphatic rings. The largest absolute Gasteiger partial charge is 0.455 e. The van der Waals surface area contributed by atoms with Gasteiger partial charge in [-0.25, -0.2) is 17.8 Å². The number of benzene rings is 2. The molecule has 0 atom stereocenters. The van der Waals surface area contributed by atoms with E-state index in [9.17, 15) is 17.6 Å². The van der Waals surface area contributed by atoms with E-state index in [-0.39, 0.29) is 28.9 Å². The summed E-state index contributed by atoms with van der Waals surface area (Å²) in [4.78, 5) is 14.0. The van der Waals surface area contributed by atoms with E-state index in [1.54, 1.807) is 18.2 Å². The zero-order valence-electron chi connectivity index (χ0n) is 17.7. The smallest absolute Gasteiger partial charge is 0.266 e. The van der Waals surface area contributed by atoms with E-state index in [1.165, 1.54) is 22.2 Å². The van der Waals surface area contributed by atoms with Crippen LogP contribution in [0.15, 0.2) is 46.1 Å². The number of aromatic nitrogens is 1. The number of hydrogen-bond donors (Lipinski definition) is 3. The molecular weight excluding hydrogens is 526 g/mol. The summed E-state index contributed by atoms with van der Waals surface area (Å²) in [5.41, 5.74) is 7.30. The molecule has 2 aromatic carbocycles. The molecule has 0 saturated heterocycles. The van der Waals surface area contributed by atoms with E-state index in [4.69, 9.17) is 33.7 Å². The van der Waals surface area contributed by atoms with Crippen LogP contribution in [0.25, 0.3) is 0 Å². The Morgan fingerprint density at radius 2 is 1.97 bits per heavy atom. The number of thiazole rings is 1. The summed E-state index contributed by atoms with van der Waals surface area (Å²) in [6.45, 7) is 1.11. The molecule has 0 aliphatic carbocycles. The van der Waals surface area contributed by atoms with Crippen molar-refractivity contribution < 1.29 is 22.3 Å². The Kier molecular flexibility index (Phi) is 9.09. The van der Waals surface area contributed by atoms with Crippen molar-refractivity contribution in [2.75, 3.05) is 17.8 Å². The van der Waals surface area contributed by atoms with E-state index in [2.05, 4.69) is 15.0 Å². The highest BCUT2D eigenvalue weighted by atomic mass is 35.5. The van der Waals surface area contributed by atoms with Crippen molar-refractivity contribution in [2.45, 2.75) is 24.2 Å². The highest BCUT2D eigenvalue weighted by Crippen LogP contribution is 2.36. The summed E-state index contributed by atoms with van der Waals surface area (Å²) in [5, 5.41) is 4.99. The summed E-state index contributed by atoms with van der Waals surface area (Å²) in [5.74, 6) is -0.971. The van der Waals surface area contributed by atoms with Crippen LogP contribution in [-0.4, -0.2) is 32.4 Å². The number of nitrogens with one attached hydrogen (secondary N) is 2. The number of anilines is 1. The second kappa shape index (κ2) is 11.8. The molecule has 0 unspecified atom stereocenters. The maximum Gasteiger partial charge on any atom is 0.266 e. The van der Waals surface area contributed by atoms with Gasteiger partial charge in [0.05, 0.1) is 10.5 Å². The highest BCUT2D eigenvalue weighted by molar-refractivity contribution is 7.92. The van der Waals surface area contributed by atoms with Crippen molar-refractivity contribution in [3.63, 3.8) is 0 Å². The van der Waals surface area contributed by atoms with Crippen LogP contribution in [0, 0.1) is 5.82 Å². The predicted octanol–water partition coefficient (Wildman–Crippen LogP) is 4.58. The van der Waals surface area contributed by atoms with Gasteiger partial charge < -0.3 is 15.8 Å². The van der Waals surface area contributed by atoms with Gasteiger partial charge in [-0.1, -0.05) is 23.2 Å². The summed E-state index contributed by atoms with van der Waals surface area (Å²) in [6, 6.07) is 6.87. The minimum Gasteiger partial charge on any atom is -0.455 e. The molecule has 1 amide bonds. The number of ether oxygens (including phenoxy) is 1. The Morgan fingerprint density at radius 3 is 2.68 bits per heavy atom. The van der Waals surface area contributed by atoms with Gasteiger partial charge in [-0.3, -0.25) is 9.52 Å². The average Bonchev–Trinajstić information content (AvgIpc) is 3.26. The molecule has 1 heterocycles. The van der Waals surface area contributed by atoms with Crippen LogP contribution in [0.3, 0.4) is 0 Å². The van der Waals surface area contributed by atoms with E-state index in [0.29, 0.717) is 36.7 Å². The summed E-state index contributed by atoms with van der Waals surface area (Å²) < 4.78 is 47.8. The summed E-state index contributed by atoms with van der Waals surface area (Å²) in [7, 11) is -4.24. The molecule has 182 valence electrons. The second-order valence-corrected chi connectivity index (χ2v) is 10.3. The fourth-order valence-corrected chi connectivity index (χ4v) is 5.06. The van der Waals surface area contributed by atoms with Crippen LogP contribution < -0.4 is 20.5 Å². The maximum absolute atomic E-state index is 14.8. The number of amides is 1. The molecule has 0 spiro atoms. The van der Waals surface area contributed by atoms with Crippen LogP contribution in [0.5, 0.6) is 11.5 Å². The van der Waals surface area contributed by atoms with Gasteiger partial charge in [0.2, 0.25) is 5.91 Å². The lowest BCUT2D eigenvalue weighted by molar-refractivity contribution is -0.117. The van der Waals surface area contributed by atoms with Gasteiger partial charge in [-0.15, -0.1) is 11.3 Å². The highest BCUT2D eigenvalue weighted by Gasteiger charge is 2.23. The van der Waals surface area contributed by atoms with Crippen LogP contribution in [0.1, 0.15) is 18.4 Å².